The Balaban J connectivity index is 0.933. The number of hydrogen-bond acceptors (Lipinski definition) is 7. The van der Waals surface area contributed by atoms with Gasteiger partial charge in [0.2, 0.25) is 11.8 Å². The van der Waals surface area contributed by atoms with Crippen LogP contribution in [0.5, 0.6) is 0 Å². The van der Waals surface area contributed by atoms with Gasteiger partial charge in [-0.15, -0.1) is 0 Å². The predicted molar refractivity (Wildman–Crippen MR) is 203 cm³/mol. The van der Waals surface area contributed by atoms with Gasteiger partial charge in [0.25, 0.3) is 5.91 Å². The molecule has 53 heavy (non-hydrogen) atoms. The summed E-state index contributed by atoms with van der Waals surface area (Å²) in [6, 6.07) is 22.7. The Morgan fingerprint density at radius 3 is 2.08 bits per heavy atom. The van der Waals surface area contributed by atoms with Gasteiger partial charge in [0, 0.05) is 55.6 Å². The molecule has 1 saturated carbocycles. The topological polar surface area (TPSA) is 140 Å². The Morgan fingerprint density at radius 1 is 0.811 bits per heavy atom. The molecule has 12 nitrogen and oxygen atoms in total. The van der Waals surface area contributed by atoms with Crippen molar-refractivity contribution in [3.63, 3.8) is 0 Å². The van der Waals surface area contributed by atoms with Crippen molar-refractivity contribution in [2.75, 3.05) is 50.1 Å². The largest absolute Gasteiger partial charge is 0.453 e. The van der Waals surface area contributed by atoms with E-state index in [1.807, 2.05) is 91.5 Å². The van der Waals surface area contributed by atoms with Crippen LogP contribution in [-0.2, 0) is 14.3 Å². The van der Waals surface area contributed by atoms with Crippen LogP contribution in [0.1, 0.15) is 61.8 Å². The molecule has 0 radical (unpaired) electrons. The number of amides is 4. The van der Waals surface area contributed by atoms with E-state index in [2.05, 4.69) is 25.5 Å². The fourth-order valence-electron chi connectivity index (χ4n) is 7.23. The van der Waals surface area contributed by atoms with Crippen molar-refractivity contribution in [1.29, 1.82) is 0 Å². The Labute approximate surface area is 309 Å². The first-order valence-electron chi connectivity index (χ1n) is 18.5. The van der Waals surface area contributed by atoms with Crippen LogP contribution in [0.4, 0.5) is 16.2 Å². The summed E-state index contributed by atoms with van der Waals surface area (Å²) in [6.45, 7) is 7.52. The van der Waals surface area contributed by atoms with Gasteiger partial charge in [0.05, 0.1) is 25.0 Å². The Hall–Kier alpha value is -5.65. The minimum Gasteiger partial charge on any atom is -0.453 e. The normalized spacial score (nSPS) is 17.8. The summed E-state index contributed by atoms with van der Waals surface area (Å²) in [7, 11) is 1.29. The van der Waals surface area contributed by atoms with Crippen molar-refractivity contribution in [2.45, 2.75) is 51.6 Å². The Morgan fingerprint density at radius 2 is 1.45 bits per heavy atom. The standard InChI is InChI=1S/C41H47N7O5/c1-26(2)36(45-41(52)53-3)40(51)48-20-4-5-35(48)37-42-25-34(44-37)29-10-6-27(7-11-29)28-8-12-30(13-9-28)38(49)43-32-16-18-33(19-17-32)46-21-23-47(24-22-46)39(50)31-14-15-31/h6-13,16-19,25-26,31,35-36H,4-5,14-15,20-24H2,1-3H3,(H,42,44)(H,43,49)(H,45,52). The number of H-pyrrole nitrogens is 1. The third-order valence-corrected chi connectivity index (χ3v) is 10.5. The van der Waals surface area contributed by atoms with E-state index in [1.165, 1.54) is 7.11 Å². The van der Waals surface area contributed by atoms with Crippen LogP contribution >= 0.6 is 0 Å². The highest BCUT2D eigenvalue weighted by molar-refractivity contribution is 6.04. The van der Waals surface area contributed by atoms with Crippen molar-refractivity contribution < 1.29 is 23.9 Å². The summed E-state index contributed by atoms with van der Waals surface area (Å²) in [5, 5.41) is 5.69. The van der Waals surface area contributed by atoms with Gasteiger partial charge in [0.15, 0.2) is 0 Å². The quantitative estimate of drug-likeness (QED) is 0.180. The van der Waals surface area contributed by atoms with Gasteiger partial charge in [-0.25, -0.2) is 9.78 Å². The number of aromatic amines is 1. The number of nitrogens with one attached hydrogen (secondary N) is 3. The SMILES string of the molecule is COC(=O)NC(C(=O)N1CCCC1c1ncc(-c2ccc(-c3ccc(C(=O)Nc4ccc(N5CCN(C(=O)C6CC6)CC5)cc4)cc3)cc2)[nH]1)C(C)C. The van der Waals surface area contributed by atoms with E-state index in [0.29, 0.717) is 18.0 Å². The van der Waals surface area contributed by atoms with Crippen LogP contribution in [-0.4, -0.2) is 89.5 Å². The number of likely N-dealkylation sites (tertiary alicyclic amines) is 1. The number of alkyl carbamates (subject to hydrolysis) is 1. The van der Waals surface area contributed by atoms with Gasteiger partial charge >= 0.3 is 6.09 Å². The molecule has 2 unspecified atom stereocenters. The first kappa shape index (κ1) is 35.7. The molecule has 3 heterocycles. The molecule has 1 aromatic heterocycles. The minimum atomic E-state index is -0.685. The van der Waals surface area contributed by atoms with Gasteiger partial charge in [0.1, 0.15) is 11.9 Å². The number of ether oxygens (including phenoxy) is 1. The molecule has 276 valence electrons. The molecule has 2 atom stereocenters. The average molecular weight is 718 g/mol. The van der Waals surface area contributed by atoms with Crippen molar-refractivity contribution >= 4 is 35.2 Å². The van der Waals surface area contributed by atoms with Gasteiger partial charge in [-0.05, 0) is 84.7 Å². The smallest absolute Gasteiger partial charge is 0.407 e. The molecule has 3 fully saturated rings. The lowest BCUT2D eigenvalue weighted by atomic mass is 10.0. The number of aromatic nitrogens is 2. The first-order chi connectivity index (χ1) is 25.7. The maximum Gasteiger partial charge on any atom is 0.407 e. The summed E-state index contributed by atoms with van der Waals surface area (Å²) in [5.41, 5.74) is 6.19. The lowest BCUT2D eigenvalue weighted by Crippen LogP contribution is -2.51. The summed E-state index contributed by atoms with van der Waals surface area (Å²) < 4.78 is 4.74. The third-order valence-electron chi connectivity index (χ3n) is 10.5. The van der Waals surface area contributed by atoms with E-state index in [1.54, 1.807) is 11.1 Å². The monoisotopic (exact) mass is 717 g/mol. The average Bonchev–Trinajstić information content (AvgIpc) is 3.71. The van der Waals surface area contributed by atoms with E-state index < -0.39 is 12.1 Å². The number of benzene rings is 3. The van der Waals surface area contributed by atoms with E-state index in [0.717, 1.165) is 91.4 Å². The van der Waals surface area contributed by atoms with Crippen LogP contribution in [0, 0.1) is 11.8 Å². The van der Waals surface area contributed by atoms with Crippen LogP contribution in [0.2, 0.25) is 0 Å². The number of carbonyl (C=O) groups is 4. The summed E-state index contributed by atoms with van der Waals surface area (Å²) >= 11 is 0. The summed E-state index contributed by atoms with van der Waals surface area (Å²) in [5.74, 6) is 0.870. The fraction of sp³-hybridized carbons (Fsp3) is 0.390. The number of methoxy groups -OCH3 is 1. The van der Waals surface area contributed by atoms with Crippen LogP contribution in [0.15, 0.2) is 79.0 Å². The molecule has 2 saturated heterocycles. The lowest BCUT2D eigenvalue weighted by molar-refractivity contribution is -0.135. The van der Waals surface area contributed by atoms with E-state index in [4.69, 9.17) is 4.74 Å². The molecule has 7 rings (SSSR count). The highest BCUT2D eigenvalue weighted by Crippen LogP contribution is 2.34. The molecule has 0 bridgehead atoms. The molecular formula is C41H47N7O5. The van der Waals surface area contributed by atoms with Crippen molar-refractivity contribution in [3.05, 3.63) is 90.4 Å². The second-order valence-electron chi connectivity index (χ2n) is 14.5. The van der Waals surface area contributed by atoms with Crippen LogP contribution in [0.25, 0.3) is 22.4 Å². The summed E-state index contributed by atoms with van der Waals surface area (Å²) in [4.78, 5) is 65.0. The highest BCUT2D eigenvalue weighted by atomic mass is 16.5. The molecule has 2 aliphatic heterocycles. The van der Waals surface area contributed by atoms with E-state index in [-0.39, 0.29) is 29.7 Å². The molecule has 0 spiro atoms. The molecular weight excluding hydrogens is 670 g/mol. The van der Waals surface area contributed by atoms with E-state index >= 15 is 0 Å². The Bertz CT molecular complexity index is 1930. The fourth-order valence-corrected chi connectivity index (χ4v) is 7.23. The maximum absolute atomic E-state index is 13.5. The lowest BCUT2D eigenvalue weighted by Gasteiger charge is -2.36. The minimum absolute atomic E-state index is 0.102. The van der Waals surface area contributed by atoms with Gasteiger partial charge < -0.3 is 35.1 Å². The van der Waals surface area contributed by atoms with Gasteiger partial charge in [-0.1, -0.05) is 50.2 Å². The molecule has 3 aliphatic rings. The molecule has 3 aromatic carbocycles. The van der Waals surface area contributed by atoms with Gasteiger partial charge in [-0.2, -0.15) is 0 Å². The number of rotatable bonds is 10. The molecule has 3 N–H and O–H groups in total. The number of anilines is 2. The highest BCUT2D eigenvalue weighted by Gasteiger charge is 2.38. The molecule has 12 heteroatoms. The summed E-state index contributed by atoms with van der Waals surface area (Å²) in [6.07, 6.45) is 4.87. The number of hydrogen-bond donors (Lipinski definition) is 3. The zero-order valence-electron chi connectivity index (χ0n) is 30.5. The van der Waals surface area contributed by atoms with Crippen molar-refractivity contribution in [2.24, 2.45) is 11.8 Å². The number of nitrogens with zero attached hydrogens (tertiary/aromatic N) is 4. The van der Waals surface area contributed by atoms with Crippen molar-refractivity contribution in [3.8, 4) is 22.4 Å². The number of piperazine rings is 1. The number of imidazole rings is 1. The predicted octanol–water partition coefficient (Wildman–Crippen LogP) is 6.10. The molecule has 4 amide bonds. The van der Waals surface area contributed by atoms with Crippen LogP contribution < -0.4 is 15.5 Å². The number of carbonyl (C=O) groups excluding carboxylic acids is 4. The van der Waals surface area contributed by atoms with E-state index in [9.17, 15) is 19.2 Å². The van der Waals surface area contributed by atoms with Crippen molar-refractivity contribution in [1.82, 2.24) is 25.1 Å². The van der Waals surface area contributed by atoms with Gasteiger partial charge in [-0.3, -0.25) is 14.4 Å². The second kappa shape index (κ2) is 15.5. The molecule has 1 aliphatic carbocycles. The Kier molecular flexibility index (Phi) is 10.5. The molecule has 4 aromatic rings. The maximum atomic E-state index is 13.5. The zero-order chi connectivity index (χ0) is 37.1. The van der Waals surface area contributed by atoms with Crippen LogP contribution in [0.3, 0.4) is 0 Å². The second-order valence-corrected chi connectivity index (χ2v) is 14.5. The first-order valence-corrected chi connectivity index (χ1v) is 18.5. The third kappa shape index (κ3) is 8.06. The zero-order valence-corrected chi connectivity index (χ0v) is 30.5.